The number of Topliss-reactive ketones (excluding diaryl/α,β-unsaturated/α-hetero) is 2. The van der Waals surface area contributed by atoms with E-state index in [0.717, 1.165) is 51.6 Å². The number of carbonyl (C=O) groups is 3. The molecule has 9 atom stereocenters. The first-order valence-electron chi connectivity index (χ1n) is 12.1. The highest BCUT2D eigenvalue weighted by Gasteiger charge is 2.67. The quantitative estimate of drug-likeness (QED) is 0.520. The maximum atomic E-state index is 13.7. The first kappa shape index (κ1) is 20.7. The van der Waals surface area contributed by atoms with Crippen molar-refractivity contribution in [1.82, 2.24) is 4.90 Å². The lowest BCUT2D eigenvalue weighted by molar-refractivity contribution is -0.167. The van der Waals surface area contributed by atoms with E-state index in [1.54, 1.807) is 6.92 Å². The molecule has 0 amide bonds. The first-order valence-corrected chi connectivity index (χ1v) is 12.1. The maximum absolute atomic E-state index is 13.7. The van der Waals surface area contributed by atoms with Gasteiger partial charge in [0.25, 0.3) is 0 Å². The van der Waals surface area contributed by atoms with E-state index in [0.29, 0.717) is 35.9 Å². The Hall–Kier alpha value is -1.23. The molecule has 30 heavy (non-hydrogen) atoms. The summed E-state index contributed by atoms with van der Waals surface area (Å²) in [6.45, 7) is 9.92. The number of hydrogen-bond donors (Lipinski definition) is 0. The lowest BCUT2D eigenvalue weighted by Gasteiger charge is -2.60. The molecule has 0 aromatic heterocycles. The molecule has 0 N–H and O–H groups in total. The van der Waals surface area contributed by atoms with Gasteiger partial charge in [-0.1, -0.05) is 13.8 Å². The van der Waals surface area contributed by atoms with E-state index in [1.165, 1.54) is 6.92 Å². The van der Waals surface area contributed by atoms with Crippen LogP contribution in [0.3, 0.4) is 0 Å². The summed E-state index contributed by atoms with van der Waals surface area (Å²) in [6.07, 6.45) is 6.92. The highest BCUT2D eigenvalue weighted by atomic mass is 16.5. The molecule has 0 radical (unpaired) electrons. The van der Waals surface area contributed by atoms with Gasteiger partial charge in [-0.05, 0) is 74.5 Å². The predicted molar refractivity (Wildman–Crippen MR) is 113 cm³/mol. The molecule has 1 saturated heterocycles. The fourth-order valence-electron chi connectivity index (χ4n) is 8.74. The molecule has 0 spiro atoms. The van der Waals surface area contributed by atoms with Crippen molar-refractivity contribution in [3.8, 4) is 0 Å². The van der Waals surface area contributed by atoms with Crippen LogP contribution in [-0.4, -0.2) is 47.7 Å². The molecule has 8 unspecified atom stereocenters. The standard InChI is InChI=1S/C25H37NO4/c1-14(27)23-21(26-9-10-26)12-20-18-6-5-16-11-17(30-15(2)28)7-8-24(16,3)19(18)13-22(29)25(20,23)4/h16-21,23H,5-13H2,1-4H3/t16?,17?,18?,19?,20?,21?,23?,24-,25?/m0/s1. The van der Waals surface area contributed by atoms with E-state index >= 15 is 0 Å². The zero-order valence-electron chi connectivity index (χ0n) is 19.0. The second kappa shape index (κ2) is 6.88. The molecule has 4 saturated carbocycles. The summed E-state index contributed by atoms with van der Waals surface area (Å²) in [7, 11) is 0. The van der Waals surface area contributed by atoms with Crippen LogP contribution in [0.25, 0.3) is 0 Å². The summed E-state index contributed by atoms with van der Waals surface area (Å²) in [5.41, 5.74) is -0.321. The SMILES string of the molecule is CC(=O)OC1CC[C@@]2(C)C(CCC3C4CC(N5CC5)C(C(C)=O)C4(C)C(=O)CC32)C1. The van der Waals surface area contributed by atoms with Crippen LogP contribution in [0.1, 0.15) is 72.6 Å². The van der Waals surface area contributed by atoms with Gasteiger partial charge in [0.05, 0.1) is 0 Å². The molecule has 1 aliphatic heterocycles. The molecular formula is C25H37NO4. The van der Waals surface area contributed by atoms with Gasteiger partial charge < -0.3 is 4.74 Å². The minimum Gasteiger partial charge on any atom is -0.463 e. The minimum absolute atomic E-state index is 0.0438. The molecule has 166 valence electrons. The van der Waals surface area contributed by atoms with Gasteiger partial charge in [-0.3, -0.25) is 19.3 Å². The van der Waals surface area contributed by atoms with Crippen LogP contribution in [0.4, 0.5) is 0 Å². The predicted octanol–water partition coefficient (Wildman–Crippen LogP) is 3.64. The third-order valence-corrected chi connectivity index (χ3v) is 10.2. The molecule has 5 nitrogen and oxygen atoms in total. The number of nitrogens with zero attached hydrogens (tertiary/aromatic N) is 1. The van der Waals surface area contributed by atoms with Crippen LogP contribution in [-0.2, 0) is 19.1 Å². The van der Waals surface area contributed by atoms with Gasteiger partial charge in [-0.25, -0.2) is 0 Å². The largest absolute Gasteiger partial charge is 0.463 e. The van der Waals surface area contributed by atoms with E-state index in [9.17, 15) is 14.4 Å². The van der Waals surface area contributed by atoms with Crippen molar-refractivity contribution in [2.24, 2.45) is 40.4 Å². The second-order valence-electron chi connectivity index (χ2n) is 11.5. The molecular weight excluding hydrogens is 378 g/mol. The van der Waals surface area contributed by atoms with Gasteiger partial charge in [0, 0.05) is 43.8 Å². The van der Waals surface area contributed by atoms with Crippen molar-refractivity contribution >= 4 is 17.5 Å². The molecule has 0 aromatic carbocycles. The van der Waals surface area contributed by atoms with E-state index < -0.39 is 5.41 Å². The zero-order valence-corrected chi connectivity index (χ0v) is 19.0. The summed E-state index contributed by atoms with van der Waals surface area (Å²) in [5, 5.41) is 0. The average molecular weight is 416 g/mol. The Bertz CT molecular complexity index is 775. The van der Waals surface area contributed by atoms with Gasteiger partial charge in [0.1, 0.15) is 17.7 Å². The molecule has 0 aromatic rings. The fourth-order valence-corrected chi connectivity index (χ4v) is 8.74. The molecule has 5 rings (SSSR count). The number of carbonyl (C=O) groups excluding carboxylic acids is 3. The summed E-state index contributed by atoms with van der Waals surface area (Å²) in [6, 6.07) is 0.269. The normalized spacial score (nSPS) is 50.3. The Morgan fingerprint density at radius 3 is 2.40 bits per heavy atom. The number of ether oxygens (including phenoxy) is 1. The van der Waals surface area contributed by atoms with Crippen molar-refractivity contribution in [3.05, 3.63) is 0 Å². The third-order valence-electron chi connectivity index (χ3n) is 10.2. The van der Waals surface area contributed by atoms with Crippen molar-refractivity contribution in [3.63, 3.8) is 0 Å². The Kier molecular flexibility index (Phi) is 4.74. The monoisotopic (exact) mass is 415 g/mol. The fraction of sp³-hybridized carbons (Fsp3) is 0.880. The topological polar surface area (TPSA) is 63.5 Å². The highest BCUT2D eigenvalue weighted by Crippen LogP contribution is 2.67. The zero-order chi connectivity index (χ0) is 21.4. The number of rotatable bonds is 3. The number of esters is 1. The summed E-state index contributed by atoms with van der Waals surface area (Å²) < 4.78 is 5.57. The van der Waals surface area contributed by atoms with E-state index in [-0.39, 0.29) is 35.2 Å². The van der Waals surface area contributed by atoms with Crippen LogP contribution in [0.15, 0.2) is 0 Å². The molecule has 5 heteroatoms. The van der Waals surface area contributed by atoms with Gasteiger partial charge >= 0.3 is 5.97 Å². The van der Waals surface area contributed by atoms with Gasteiger partial charge in [0.15, 0.2) is 0 Å². The lowest BCUT2D eigenvalue weighted by atomic mass is 9.44. The Morgan fingerprint density at radius 2 is 1.77 bits per heavy atom. The average Bonchev–Trinajstić information content (AvgIpc) is 3.45. The van der Waals surface area contributed by atoms with Crippen LogP contribution < -0.4 is 0 Å². The Labute approximate surface area is 180 Å². The number of fused-ring (bicyclic) bond motifs is 5. The smallest absolute Gasteiger partial charge is 0.302 e. The van der Waals surface area contributed by atoms with E-state index in [2.05, 4.69) is 18.7 Å². The van der Waals surface area contributed by atoms with Crippen molar-refractivity contribution in [2.45, 2.75) is 84.8 Å². The Morgan fingerprint density at radius 1 is 1.03 bits per heavy atom. The summed E-state index contributed by atoms with van der Waals surface area (Å²) in [4.78, 5) is 40.4. The summed E-state index contributed by atoms with van der Waals surface area (Å²) >= 11 is 0. The van der Waals surface area contributed by atoms with Gasteiger partial charge in [0.2, 0.25) is 0 Å². The molecule has 5 fully saturated rings. The molecule has 5 aliphatic rings. The van der Waals surface area contributed by atoms with Crippen molar-refractivity contribution in [2.75, 3.05) is 13.1 Å². The highest BCUT2D eigenvalue weighted by molar-refractivity contribution is 5.94. The summed E-state index contributed by atoms with van der Waals surface area (Å²) in [5.74, 6) is 2.10. The first-order chi connectivity index (χ1) is 14.2. The molecule has 0 bridgehead atoms. The van der Waals surface area contributed by atoms with Crippen LogP contribution in [0, 0.1) is 40.4 Å². The van der Waals surface area contributed by atoms with Crippen LogP contribution in [0.2, 0.25) is 0 Å². The van der Waals surface area contributed by atoms with Crippen molar-refractivity contribution < 1.29 is 19.1 Å². The van der Waals surface area contributed by atoms with Crippen molar-refractivity contribution in [1.29, 1.82) is 0 Å². The van der Waals surface area contributed by atoms with Gasteiger partial charge in [-0.2, -0.15) is 0 Å². The van der Waals surface area contributed by atoms with Gasteiger partial charge in [-0.15, -0.1) is 0 Å². The van der Waals surface area contributed by atoms with E-state index in [4.69, 9.17) is 4.74 Å². The van der Waals surface area contributed by atoms with Crippen LogP contribution in [0.5, 0.6) is 0 Å². The lowest BCUT2D eigenvalue weighted by Crippen LogP contribution is -2.58. The van der Waals surface area contributed by atoms with Crippen LogP contribution >= 0.6 is 0 Å². The Balaban J connectivity index is 1.43. The number of hydrogen-bond acceptors (Lipinski definition) is 5. The molecule has 4 aliphatic carbocycles. The van der Waals surface area contributed by atoms with E-state index in [1.807, 2.05) is 0 Å². The maximum Gasteiger partial charge on any atom is 0.302 e. The minimum atomic E-state index is -0.474. The molecule has 1 heterocycles. The number of ketones is 2. The third kappa shape index (κ3) is 2.87. The second-order valence-corrected chi connectivity index (χ2v) is 11.5.